The fourth-order valence-electron chi connectivity index (χ4n) is 1.76. The highest BCUT2D eigenvalue weighted by atomic mass is 32.2. The lowest BCUT2D eigenvalue weighted by atomic mass is 10.1. The van der Waals surface area contributed by atoms with Gasteiger partial charge >= 0.3 is 0 Å². The lowest BCUT2D eigenvalue weighted by Crippen LogP contribution is -2.28. The zero-order valence-electron chi connectivity index (χ0n) is 12.0. The van der Waals surface area contributed by atoms with E-state index in [-0.39, 0.29) is 23.8 Å². The molecule has 0 aliphatic carbocycles. The van der Waals surface area contributed by atoms with E-state index in [0.29, 0.717) is 24.3 Å². The molecule has 0 aliphatic heterocycles. The molecule has 0 amide bonds. The molecule has 0 spiro atoms. The zero-order valence-corrected chi connectivity index (χ0v) is 12.8. The molecule has 2 N–H and O–H groups in total. The quantitative estimate of drug-likeness (QED) is 0.708. The van der Waals surface area contributed by atoms with E-state index in [2.05, 4.69) is 10.0 Å². The number of rotatable bonds is 8. The van der Waals surface area contributed by atoms with E-state index in [0.717, 1.165) is 0 Å². The smallest absolute Gasteiger partial charge is 0.240 e. The Hall–Kier alpha value is -1.02. The molecule has 0 saturated heterocycles. The van der Waals surface area contributed by atoms with Crippen molar-refractivity contribution in [3.63, 3.8) is 0 Å². The van der Waals surface area contributed by atoms with Crippen molar-refractivity contribution in [1.29, 1.82) is 0 Å². The minimum absolute atomic E-state index is 0.0677. The second-order valence-corrected chi connectivity index (χ2v) is 6.11. The number of sulfonamides is 1. The van der Waals surface area contributed by atoms with E-state index >= 15 is 0 Å². The number of ether oxygens (including phenoxy) is 1. The second kappa shape index (κ2) is 7.68. The predicted molar refractivity (Wildman–Crippen MR) is 75.6 cm³/mol. The Bertz CT molecular complexity index is 547. The Labute approximate surface area is 119 Å². The molecule has 0 heterocycles. The normalized spacial score (nSPS) is 11.8. The molecule has 7 heteroatoms. The highest BCUT2D eigenvalue weighted by molar-refractivity contribution is 7.89. The molecule has 1 aromatic carbocycles. The van der Waals surface area contributed by atoms with Gasteiger partial charge in [0.2, 0.25) is 10.0 Å². The van der Waals surface area contributed by atoms with Crippen LogP contribution in [0.25, 0.3) is 0 Å². The van der Waals surface area contributed by atoms with Crippen molar-refractivity contribution in [2.45, 2.75) is 25.3 Å². The summed E-state index contributed by atoms with van der Waals surface area (Å²) in [5, 5.41) is 2.82. The van der Waals surface area contributed by atoms with Crippen LogP contribution >= 0.6 is 0 Å². The van der Waals surface area contributed by atoms with Gasteiger partial charge in [0.1, 0.15) is 5.82 Å². The van der Waals surface area contributed by atoms with Gasteiger partial charge in [-0.1, -0.05) is 0 Å². The highest BCUT2D eigenvalue weighted by Crippen LogP contribution is 2.19. The third kappa shape index (κ3) is 4.52. The second-order valence-electron chi connectivity index (χ2n) is 4.34. The summed E-state index contributed by atoms with van der Waals surface area (Å²) >= 11 is 0. The number of aryl methyl sites for hydroxylation is 1. The van der Waals surface area contributed by atoms with Crippen LogP contribution in [0.4, 0.5) is 4.39 Å². The Morgan fingerprint density at radius 3 is 2.65 bits per heavy atom. The molecular weight excluding hydrogens is 283 g/mol. The van der Waals surface area contributed by atoms with Crippen LogP contribution in [0.5, 0.6) is 0 Å². The van der Waals surface area contributed by atoms with Crippen LogP contribution in [0.15, 0.2) is 17.0 Å². The summed E-state index contributed by atoms with van der Waals surface area (Å²) in [6.45, 7) is 4.68. The molecule has 114 valence electrons. The van der Waals surface area contributed by atoms with E-state index in [1.807, 2.05) is 6.92 Å². The van der Waals surface area contributed by atoms with E-state index in [1.165, 1.54) is 12.1 Å². The molecule has 0 atom stereocenters. The molecule has 20 heavy (non-hydrogen) atoms. The van der Waals surface area contributed by atoms with E-state index in [4.69, 9.17) is 4.74 Å². The van der Waals surface area contributed by atoms with Crippen molar-refractivity contribution in [3.8, 4) is 0 Å². The maximum atomic E-state index is 13.8. The standard InChI is InChI=1S/C13H21FN2O3S/c1-4-19-6-5-16-20(17,18)12-7-10(2)13(14)11(8-12)9-15-3/h7-8,15-16H,4-6,9H2,1-3H3. The number of hydrogen-bond donors (Lipinski definition) is 2. The lowest BCUT2D eigenvalue weighted by molar-refractivity contribution is 0.153. The number of benzene rings is 1. The summed E-state index contributed by atoms with van der Waals surface area (Å²) in [5.41, 5.74) is 0.639. The van der Waals surface area contributed by atoms with Crippen molar-refractivity contribution in [3.05, 3.63) is 29.1 Å². The summed E-state index contributed by atoms with van der Waals surface area (Å²) < 4.78 is 45.5. The van der Waals surface area contributed by atoms with E-state index < -0.39 is 10.0 Å². The maximum absolute atomic E-state index is 13.8. The lowest BCUT2D eigenvalue weighted by Gasteiger charge is -2.11. The van der Waals surface area contributed by atoms with Gasteiger partial charge in [-0.15, -0.1) is 0 Å². The molecule has 0 aromatic heterocycles. The van der Waals surface area contributed by atoms with Gasteiger partial charge in [0.05, 0.1) is 11.5 Å². The van der Waals surface area contributed by atoms with Crippen LogP contribution in [-0.2, 0) is 21.3 Å². The van der Waals surface area contributed by atoms with Crippen molar-refractivity contribution < 1.29 is 17.5 Å². The summed E-state index contributed by atoms with van der Waals surface area (Å²) in [7, 11) is -1.97. The Kier molecular flexibility index (Phi) is 6.54. The fraction of sp³-hybridized carbons (Fsp3) is 0.538. The molecular formula is C13H21FN2O3S. The zero-order chi connectivity index (χ0) is 15.2. The SMILES string of the molecule is CCOCCNS(=O)(=O)c1cc(C)c(F)c(CNC)c1. The van der Waals surface area contributed by atoms with Gasteiger partial charge < -0.3 is 10.1 Å². The third-order valence-electron chi connectivity index (χ3n) is 2.72. The average Bonchev–Trinajstić information content (AvgIpc) is 2.40. The Morgan fingerprint density at radius 2 is 2.05 bits per heavy atom. The van der Waals surface area contributed by atoms with Crippen LogP contribution < -0.4 is 10.0 Å². The highest BCUT2D eigenvalue weighted by Gasteiger charge is 2.17. The van der Waals surface area contributed by atoms with E-state index in [1.54, 1.807) is 14.0 Å². The third-order valence-corrected chi connectivity index (χ3v) is 4.16. The minimum Gasteiger partial charge on any atom is -0.380 e. The molecule has 5 nitrogen and oxygen atoms in total. The predicted octanol–water partition coefficient (Wildman–Crippen LogP) is 1.17. The van der Waals surface area contributed by atoms with Gasteiger partial charge in [-0.05, 0) is 38.6 Å². The molecule has 0 bridgehead atoms. The molecule has 0 unspecified atom stereocenters. The van der Waals surface area contributed by atoms with Crippen molar-refractivity contribution >= 4 is 10.0 Å². The van der Waals surface area contributed by atoms with Crippen LogP contribution in [0.2, 0.25) is 0 Å². The first-order valence-corrected chi connectivity index (χ1v) is 7.91. The van der Waals surface area contributed by atoms with Crippen molar-refractivity contribution in [1.82, 2.24) is 10.0 Å². The molecule has 0 saturated carbocycles. The topological polar surface area (TPSA) is 67.4 Å². The summed E-state index contributed by atoms with van der Waals surface area (Å²) in [5.74, 6) is -0.382. The fourth-order valence-corrected chi connectivity index (χ4v) is 2.90. The summed E-state index contributed by atoms with van der Waals surface area (Å²) in [4.78, 5) is 0.0677. The van der Waals surface area contributed by atoms with Gasteiger partial charge in [-0.25, -0.2) is 17.5 Å². The van der Waals surface area contributed by atoms with Gasteiger partial charge in [0.15, 0.2) is 0 Å². The number of nitrogens with one attached hydrogen (secondary N) is 2. The maximum Gasteiger partial charge on any atom is 0.240 e. The van der Waals surface area contributed by atoms with Gasteiger partial charge in [0, 0.05) is 25.3 Å². The van der Waals surface area contributed by atoms with Crippen LogP contribution in [0.1, 0.15) is 18.1 Å². The number of hydrogen-bond acceptors (Lipinski definition) is 4. The first-order valence-electron chi connectivity index (χ1n) is 6.43. The largest absolute Gasteiger partial charge is 0.380 e. The molecule has 1 aromatic rings. The van der Waals surface area contributed by atoms with Crippen LogP contribution in [-0.4, -0.2) is 35.2 Å². The van der Waals surface area contributed by atoms with E-state index in [9.17, 15) is 12.8 Å². The summed E-state index contributed by atoms with van der Waals surface area (Å²) in [6, 6.07) is 2.68. The van der Waals surface area contributed by atoms with Gasteiger partial charge in [0.25, 0.3) is 0 Å². The average molecular weight is 304 g/mol. The Morgan fingerprint density at radius 1 is 1.35 bits per heavy atom. The molecule has 0 aliphatic rings. The minimum atomic E-state index is -3.65. The molecule has 0 fully saturated rings. The van der Waals surface area contributed by atoms with Crippen LogP contribution in [0, 0.1) is 12.7 Å². The van der Waals surface area contributed by atoms with Crippen molar-refractivity contribution in [2.75, 3.05) is 26.8 Å². The number of halogens is 1. The first kappa shape index (κ1) is 17.0. The summed E-state index contributed by atoms with van der Waals surface area (Å²) in [6.07, 6.45) is 0. The first-order chi connectivity index (χ1) is 9.42. The molecule has 0 radical (unpaired) electrons. The van der Waals surface area contributed by atoms with Crippen molar-refractivity contribution in [2.24, 2.45) is 0 Å². The monoisotopic (exact) mass is 304 g/mol. The van der Waals surface area contributed by atoms with Gasteiger partial charge in [-0.3, -0.25) is 0 Å². The Balaban J connectivity index is 2.94. The van der Waals surface area contributed by atoms with Gasteiger partial charge in [-0.2, -0.15) is 0 Å². The molecule has 1 rings (SSSR count). The van der Waals surface area contributed by atoms with Crippen LogP contribution in [0.3, 0.4) is 0 Å².